The Labute approximate surface area is 255 Å². The highest BCUT2D eigenvalue weighted by molar-refractivity contribution is 5.19. The Morgan fingerprint density at radius 3 is 1.49 bits per heavy atom. The van der Waals surface area contributed by atoms with Crippen molar-refractivity contribution >= 4 is 0 Å². The lowest BCUT2D eigenvalue weighted by Crippen LogP contribution is -2.56. The molecule has 1 saturated heterocycles. The van der Waals surface area contributed by atoms with E-state index in [0.29, 0.717) is 45.2 Å². The van der Waals surface area contributed by atoms with Crippen LogP contribution in [0, 0.1) is 0 Å². The molecule has 5 heteroatoms. The highest BCUT2D eigenvalue weighted by Crippen LogP contribution is 2.33. The predicted molar refractivity (Wildman–Crippen MR) is 169 cm³/mol. The average molecular weight is 577 g/mol. The van der Waals surface area contributed by atoms with E-state index in [9.17, 15) is 0 Å². The summed E-state index contributed by atoms with van der Waals surface area (Å²) in [5.74, 6) is 0.710. The fraction of sp³-hybridized carbons (Fsp3) is 0.263. The van der Waals surface area contributed by atoms with Crippen molar-refractivity contribution in [1.29, 1.82) is 0 Å². The van der Waals surface area contributed by atoms with Crippen LogP contribution in [0.3, 0.4) is 0 Å². The summed E-state index contributed by atoms with van der Waals surface area (Å²) in [7, 11) is 0. The molecule has 4 aromatic rings. The molecular formula is C38H40O5. The molecule has 4 aromatic carbocycles. The molecule has 0 N–H and O–H groups in total. The molecule has 5 nitrogen and oxygen atoms in total. The van der Waals surface area contributed by atoms with Crippen LogP contribution in [-0.4, -0.2) is 31.0 Å². The van der Waals surface area contributed by atoms with E-state index < -0.39 is 24.4 Å². The van der Waals surface area contributed by atoms with Crippen molar-refractivity contribution in [2.45, 2.75) is 57.3 Å². The van der Waals surface area contributed by atoms with Gasteiger partial charge >= 0.3 is 0 Å². The second-order valence-corrected chi connectivity index (χ2v) is 10.5. The van der Waals surface area contributed by atoms with Gasteiger partial charge < -0.3 is 23.7 Å². The number of benzene rings is 4. The molecule has 43 heavy (non-hydrogen) atoms. The maximum absolute atomic E-state index is 6.72. The quantitative estimate of drug-likeness (QED) is 0.135. The number of allylic oxidation sites excluding steroid dienone is 2. The van der Waals surface area contributed by atoms with E-state index in [1.807, 2.05) is 84.9 Å². The van der Waals surface area contributed by atoms with E-state index in [-0.39, 0.29) is 0 Å². The Kier molecular flexibility index (Phi) is 11.7. The lowest BCUT2D eigenvalue weighted by Gasteiger charge is -2.43. The molecule has 1 fully saturated rings. The second kappa shape index (κ2) is 16.6. The third-order valence-electron chi connectivity index (χ3n) is 7.28. The molecule has 0 unspecified atom stereocenters. The van der Waals surface area contributed by atoms with Crippen LogP contribution in [0.25, 0.3) is 0 Å². The summed E-state index contributed by atoms with van der Waals surface area (Å²) in [6, 6.07) is 40.6. The first-order valence-electron chi connectivity index (χ1n) is 14.9. The number of hydrogen-bond donors (Lipinski definition) is 0. The molecule has 1 aliphatic rings. The Balaban J connectivity index is 1.43. The summed E-state index contributed by atoms with van der Waals surface area (Å²) in [5.41, 5.74) is 4.32. The van der Waals surface area contributed by atoms with Gasteiger partial charge in [0.15, 0.2) is 6.10 Å². The van der Waals surface area contributed by atoms with Gasteiger partial charge in [0.25, 0.3) is 0 Å². The first kappa shape index (κ1) is 30.5. The Bertz CT molecular complexity index is 1380. The van der Waals surface area contributed by atoms with Gasteiger partial charge in [0, 0.05) is 0 Å². The normalized spacial score (nSPS) is 20.9. The molecule has 0 spiro atoms. The molecule has 0 radical (unpaired) electrons. The molecule has 0 bridgehead atoms. The van der Waals surface area contributed by atoms with E-state index in [1.165, 1.54) is 0 Å². The maximum atomic E-state index is 6.72. The van der Waals surface area contributed by atoms with E-state index in [4.69, 9.17) is 23.7 Å². The van der Waals surface area contributed by atoms with Crippen LogP contribution in [0.4, 0.5) is 0 Å². The predicted octanol–water partition coefficient (Wildman–Crippen LogP) is 7.82. The van der Waals surface area contributed by atoms with Crippen molar-refractivity contribution in [3.05, 3.63) is 168 Å². The molecule has 5 rings (SSSR count). The standard InChI is InChI=1S/C38H40O5/c1-2-3-24-34-36(40-26-31-18-10-5-11-19-31)38(42-28-33-22-14-7-15-23-33)37(41-27-32-20-12-6-13-21-32)35(43-34)29-39-25-30-16-8-4-9-17-30/h2,4-24,35-38H,1,3,25-29H2/b34-24+/t35-,36+,37-,38-/m1/s1. The highest BCUT2D eigenvalue weighted by atomic mass is 16.6. The van der Waals surface area contributed by atoms with Crippen LogP contribution in [0.5, 0.6) is 0 Å². The molecule has 222 valence electrons. The van der Waals surface area contributed by atoms with Gasteiger partial charge in [-0.25, -0.2) is 0 Å². The van der Waals surface area contributed by atoms with Crippen molar-refractivity contribution in [2.75, 3.05) is 6.61 Å². The first-order valence-corrected chi connectivity index (χ1v) is 14.9. The minimum absolute atomic E-state index is 0.330. The van der Waals surface area contributed by atoms with Gasteiger partial charge in [0.2, 0.25) is 0 Å². The minimum Gasteiger partial charge on any atom is -0.487 e. The fourth-order valence-corrected chi connectivity index (χ4v) is 5.07. The molecule has 4 atom stereocenters. The summed E-state index contributed by atoms with van der Waals surface area (Å²) in [6.07, 6.45) is 2.70. The smallest absolute Gasteiger partial charge is 0.150 e. The van der Waals surface area contributed by atoms with Crippen LogP contribution in [0.2, 0.25) is 0 Å². The molecular weight excluding hydrogens is 536 g/mol. The third kappa shape index (κ3) is 9.24. The van der Waals surface area contributed by atoms with Gasteiger partial charge in [-0.1, -0.05) is 127 Å². The van der Waals surface area contributed by atoms with E-state index >= 15 is 0 Å². The second-order valence-electron chi connectivity index (χ2n) is 10.5. The van der Waals surface area contributed by atoms with Crippen LogP contribution in [0.1, 0.15) is 28.7 Å². The van der Waals surface area contributed by atoms with Crippen molar-refractivity contribution in [1.82, 2.24) is 0 Å². The van der Waals surface area contributed by atoms with Gasteiger partial charge in [0.05, 0.1) is 33.0 Å². The van der Waals surface area contributed by atoms with Gasteiger partial charge in [-0.3, -0.25) is 0 Å². The van der Waals surface area contributed by atoms with Crippen LogP contribution < -0.4 is 0 Å². The van der Waals surface area contributed by atoms with Crippen LogP contribution in [-0.2, 0) is 50.1 Å². The zero-order valence-corrected chi connectivity index (χ0v) is 24.5. The number of rotatable bonds is 15. The summed E-state index contributed by atoms with van der Waals surface area (Å²) in [4.78, 5) is 0. The van der Waals surface area contributed by atoms with Gasteiger partial charge in [0.1, 0.15) is 24.1 Å². The Hall–Kier alpha value is -4.00. The number of ether oxygens (including phenoxy) is 5. The van der Waals surface area contributed by atoms with Crippen molar-refractivity contribution in [3.8, 4) is 0 Å². The number of hydrogen-bond acceptors (Lipinski definition) is 5. The van der Waals surface area contributed by atoms with Crippen molar-refractivity contribution in [2.24, 2.45) is 0 Å². The SMILES string of the molecule is C=CC/C=C1/O[C@H](COCc2ccccc2)[C@@H](OCc2ccccc2)[C@H](OCc2ccccc2)[C@H]1OCc1ccccc1. The van der Waals surface area contributed by atoms with Gasteiger partial charge in [-0.05, 0) is 34.8 Å². The Morgan fingerprint density at radius 2 is 1.00 bits per heavy atom. The topological polar surface area (TPSA) is 46.2 Å². The third-order valence-corrected chi connectivity index (χ3v) is 7.28. The zero-order valence-electron chi connectivity index (χ0n) is 24.5. The fourth-order valence-electron chi connectivity index (χ4n) is 5.07. The molecule has 0 amide bonds. The molecule has 1 aliphatic heterocycles. The average Bonchev–Trinajstić information content (AvgIpc) is 3.07. The van der Waals surface area contributed by atoms with Gasteiger partial charge in [-0.2, -0.15) is 0 Å². The minimum atomic E-state index is -0.491. The zero-order chi connectivity index (χ0) is 29.5. The van der Waals surface area contributed by atoms with E-state index in [1.54, 1.807) is 0 Å². The summed E-state index contributed by atoms with van der Waals surface area (Å²) in [6.45, 7) is 5.95. The first-order chi connectivity index (χ1) is 21.3. The summed E-state index contributed by atoms with van der Waals surface area (Å²) in [5, 5.41) is 0. The lowest BCUT2D eigenvalue weighted by molar-refractivity contribution is -0.223. The summed E-state index contributed by atoms with van der Waals surface area (Å²) >= 11 is 0. The maximum Gasteiger partial charge on any atom is 0.150 e. The van der Waals surface area contributed by atoms with Crippen molar-refractivity contribution in [3.63, 3.8) is 0 Å². The molecule has 0 aliphatic carbocycles. The lowest BCUT2D eigenvalue weighted by atomic mass is 9.96. The Morgan fingerprint density at radius 1 is 0.558 bits per heavy atom. The molecule has 0 aromatic heterocycles. The van der Waals surface area contributed by atoms with Crippen molar-refractivity contribution < 1.29 is 23.7 Å². The molecule has 1 heterocycles. The van der Waals surface area contributed by atoms with Gasteiger partial charge in [-0.15, -0.1) is 6.58 Å². The van der Waals surface area contributed by atoms with Crippen LogP contribution >= 0.6 is 0 Å². The van der Waals surface area contributed by atoms with E-state index in [2.05, 4.69) is 55.1 Å². The van der Waals surface area contributed by atoms with Crippen LogP contribution in [0.15, 0.2) is 146 Å². The summed E-state index contributed by atoms with van der Waals surface area (Å²) < 4.78 is 32.9. The monoisotopic (exact) mass is 576 g/mol. The largest absolute Gasteiger partial charge is 0.487 e. The molecule has 0 saturated carbocycles. The highest BCUT2D eigenvalue weighted by Gasteiger charge is 2.46. The van der Waals surface area contributed by atoms with E-state index in [0.717, 1.165) is 22.3 Å².